The van der Waals surface area contributed by atoms with Crippen molar-refractivity contribution >= 4 is 19.8 Å². The Bertz CT molecular complexity index is 664. The second-order valence-electron chi connectivity index (χ2n) is 10.8. The van der Waals surface area contributed by atoms with E-state index < -0.39 is 11.1 Å². The number of hydrogen-bond donors (Lipinski definition) is 2. The van der Waals surface area contributed by atoms with Crippen LogP contribution in [0.3, 0.4) is 0 Å². The maximum Gasteiger partial charge on any atom is 0.207 e. The fraction of sp³-hybridized carbons (Fsp3) is 0.870. The summed E-state index contributed by atoms with van der Waals surface area (Å²) in [5.41, 5.74) is -1.81. The van der Waals surface area contributed by atoms with Gasteiger partial charge in [-0.3, -0.25) is 14.8 Å². The Morgan fingerprint density at radius 3 is 2.34 bits per heavy atom. The number of rotatable bonds is 6. The van der Waals surface area contributed by atoms with Crippen LogP contribution in [0.1, 0.15) is 73.1 Å². The fourth-order valence-corrected chi connectivity index (χ4v) is 6.59. The van der Waals surface area contributed by atoms with E-state index in [-0.39, 0.29) is 35.1 Å². The van der Waals surface area contributed by atoms with Crippen LogP contribution in [-0.4, -0.2) is 59.4 Å². The molecule has 1 amide bonds. The molecule has 6 nitrogen and oxygen atoms in total. The molecule has 164 valence electrons. The maximum atomic E-state index is 11.1. The topological polar surface area (TPSA) is 83.3 Å². The summed E-state index contributed by atoms with van der Waals surface area (Å²) >= 11 is 0. The minimum Gasteiger partial charge on any atom is -0.388 e. The Kier molecular flexibility index (Phi) is 5.76. The van der Waals surface area contributed by atoms with E-state index in [0.717, 1.165) is 38.5 Å². The number of nitrogens with zero attached hydrogens (tertiary/aromatic N) is 2. The molecule has 0 aromatic carbocycles. The minimum atomic E-state index is -0.868. The van der Waals surface area contributed by atoms with Crippen molar-refractivity contribution in [3.05, 3.63) is 0 Å². The van der Waals surface area contributed by atoms with Crippen LogP contribution in [0.2, 0.25) is 0 Å². The highest BCUT2D eigenvalue weighted by Crippen LogP contribution is 2.58. The molecule has 2 N–H and O–H groups in total. The first kappa shape index (κ1) is 22.4. The lowest BCUT2D eigenvalue weighted by Gasteiger charge is -2.58. The van der Waals surface area contributed by atoms with E-state index in [1.165, 1.54) is 0 Å². The average molecular weight is 406 g/mol. The predicted molar refractivity (Wildman–Crippen MR) is 117 cm³/mol. The van der Waals surface area contributed by atoms with Crippen molar-refractivity contribution in [3.63, 3.8) is 0 Å². The van der Waals surface area contributed by atoms with Gasteiger partial charge in [0.05, 0.1) is 34.4 Å². The molecule has 3 fully saturated rings. The molecule has 1 aliphatic heterocycles. The van der Waals surface area contributed by atoms with Crippen LogP contribution in [0.15, 0.2) is 9.98 Å². The summed E-state index contributed by atoms with van der Waals surface area (Å²) in [4.78, 5) is 20.1. The highest BCUT2D eigenvalue weighted by molar-refractivity contribution is 5.48. The van der Waals surface area contributed by atoms with Gasteiger partial charge in [0.1, 0.15) is 0 Å². The van der Waals surface area contributed by atoms with Gasteiger partial charge in [0.15, 0.2) is 0 Å². The summed E-state index contributed by atoms with van der Waals surface area (Å²) in [5.74, 6) is 0.697. The van der Waals surface area contributed by atoms with Crippen molar-refractivity contribution in [2.45, 2.75) is 108 Å². The zero-order valence-corrected chi connectivity index (χ0v) is 18.8. The molecule has 0 radical (unpaired) electrons. The summed E-state index contributed by atoms with van der Waals surface area (Å²) in [5, 5.41) is 14.1. The van der Waals surface area contributed by atoms with Gasteiger partial charge in [0.25, 0.3) is 0 Å². The molecule has 2 saturated carbocycles. The molecule has 1 saturated heterocycles. The van der Waals surface area contributed by atoms with E-state index >= 15 is 0 Å². The Labute approximate surface area is 175 Å². The largest absolute Gasteiger partial charge is 0.388 e. The molecule has 0 bridgehead atoms. The van der Waals surface area contributed by atoms with Gasteiger partial charge >= 0.3 is 0 Å². The van der Waals surface area contributed by atoms with Gasteiger partial charge in [-0.25, -0.2) is 0 Å². The lowest BCUT2D eigenvalue weighted by atomic mass is 9.51. The Morgan fingerprint density at radius 2 is 1.76 bits per heavy atom. The fourth-order valence-electron chi connectivity index (χ4n) is 6.59. The molecule has 3 aliphatic rings. The highest BCUT2D eigenvalue weighted by atomic mass is 16.5. The molecule has 2 aliphatic carbocycles. The van der Waals surface area contributed by atoms with Crippen LogP contribution in [0.25, 0.3) is 0 Å². The van der Waals surface area contributed by atoms with E-state index in [2.05, 4.69) is 42.6 Å². The van der Waals surface area contributed by atoms with E-state index in [0.29, 0.717) is 12.3 Å². The molecule has 29 heavy (non-hydrogen) atoms. The van der Waals surface area contributed by atoms with E-state index in [1.54, 1.807) is 0 Å². The monoisotopic (exact) mass is 405 g/mol. The summed E-state index contributed by atoms with van der Waals surface area (Å²) in [6.07, 6.45) is 6.09. The number of ether oxygens (including phenoxy) is 1. The number of hydrogen-bond acceptors (Lipinski definition) is 5. The summed E-state index contributed by atoms with van der Waals surface area (Å²) in [6, 6.07) is -0.242. The van der Waals surface area contributed by atoms with E-state index in [9.17, 15) is 9.90 Å². The number of nitrogens with one attached hydrogen (secondary N) is 1. The Morgan fingerprint density at radius 1 is 1.10 bits per heavy atom. The third-order valence-electron chi connectivity index (χ3n) is 8.55. The van der Waals surface area contributed by atoms with Gasteiger partial charge in [0, 0.05) is 0 Å². The molecule has 3 rings (SSSR count). The number of carbonyl (C=O) groups is 1. The first-order valence-electron chi connectivity index (χ1n) is 11.0. The number of amides is 1. The molecule has 8 atom stereocenters. The highest BCUT2D eigenvalue weighted by Gasteiger charge is 2.61. The SMILES string of the molecule is C=N[C@@H]1[C@@H]2[C@@H]([C@@]3(C)CC[C@@H](C(C)(C)NC=O)O3)CC[C@](C)(N=C)[C@H]2CC[C@@]1(C)O. The van der Waals surface area contributed by atoms with Gasteiger partial charge < -0.3 is 15.2 Å². The third kappa shape index (κ3) is 3.67. The van der Waals surface area contributed by atoms with Crippen molar-refractivity contribution in [2.24, 2.45) is 27.7 Å². The Balaban J connectivity index is 1.95. The predicted octanol–water partition coefficient (Wildman–Crippen LogP) is 3.16. The van der Waals surface area contributed by atoms with Crippen molar-refractivity contribution in [1.29, 1.82) is 0 Å². The standard InChI is InChI=1S/C23H39N3O3/c1-20(2,26-14-27)17-10-13-23(5,29-17)16-8-11-21(3,25-7)15-9-12-22(4,28)19(24-6)18(15)16/h14-19,28H,6-13H2,1-5H3,(H,26,27)/t15-,16-,17-,18-,19+,21-,22+,23+/m0/s1. The van der Waals surface area contributed by atoms with Crippen molar-refractivity contribution in [1.82, 2.24) is 5.32 Å². The van der Waals surface area contributed by atoms with Gasteiger partial charge in [0.2, 0.25) is 6.41 Å². The number of aliphatic hydroxyl groups is 1. The zero-order chi connectivity index (χ0) is 21.7. The van der Waals surface area contributed by atoms with Crippen LogP contribution in [0.4, 0.5) is 0 Å². The third-order valence-corrected chi connectivity index (χ3v) is 8.55. The molecule has 1 heterocycles. The second kappa shape index (κ2) is 7.45. The lowest BCUT2D eigenvalue weighted by Crippen LogP contribution is -2.62. The van der Waals surface area contributed by atoms with Crippen LogP contribution < -0.4 is 5.32 Å². The average Bonchev–Trinajstić information content (AvgIpc) is 3.05. The normalized spacial score (nSPS) is 47.9. The first-order chi connectivity index (χ1) is 13.4. The number of carbonyl (C=O) groups excluding carboxylic acids is 1. The second-order valence-corrected chi connectivity index (χ2v) is 10.8. The molecule has 0 aromatic rings. The van der Waals surface area contributed by atoms with Crippen LogP contribution in [0.5, 0.6) is 0 Å². The molecule has 0 spiro atoms. The van der Waals surface area contributed by atoms with E-state index in [4.69, 9.17) is 4.74 Å². The summed E-state index contributed by atoms with van der Waals surface area (Å²) in [6.45, 7) is 18.1. The van der Waals surface area contributed by atoms with Gasteiger partial charge in [-0.2, -0.15) is 0 Å². The van der Waals surface area contributed by atoms with Gasteiger partial charge in [-0.15, -0.1) is 0 Å². The first-order valence-corrected chi connectivity index (χ1v) is 11.0. The van der Waals surface area contributed by atoms with Crippen LogP contribution in [0, 0.1) is 17.8 Å². The quantitative estimate of drug-likeness (QED) is 0.526. The van der Waals surface area contributed by atoms with Gasteiger partial charge in [-0.05, 0) is 104 Å². The van der Waals surface area contributed by atoms with Crippen LogP contribution in [-0.2, 0) is 9.53 Å². The van der Waals surface area contributed by atoms with Gasteiger partial charge in [-0.1, -0.05) is 0 Å². The summed E-state index contributed by atoms with van der Waals surface area (Å²) < 4.78 is 6.71. The van der Waals surface area contributed by atoms with Crippen molar-refractivity contribution in [2.75, 3.05) is 0 Å². The minimum absolute atomic E-state index is 0.0405. The van der Waals surface area contributed by atoms with Crippen molar-refractivity contribution in [3.8, 4) is 0 Å². The van der Waals surface area contributed by atoms with Crippen molar-refractivity contribution < 1.29 is 14.6 Å². The molecular weight excluding hydrogens is 366 g/mol. The molecule has 0 unspecified atom stereocenters. The Hall–Kier alpha value is -1.27. The summed E-state index contributed by atoms with van der Waals surface area (Å²) in [7, 11) is 0. The molecular formula is C23H39N3O3. The van der Waals surface area contributed by atoms with Crippen LogP contribution >= 0.6 is 0 Å². The molecule has 0 aromatic heterocycles. The maximum absolute atomic E-state index is 11.1. The van der Waals surface area contributed by atoms with E-state index in [1.807, 2.05) is 20.8 Å². The lowest BCUT2D eigenvalue weighted by molar-refractivity contribution is -0.159. The smallest absolute Gasteiger partial charge is 0.207 e. The zero-order valence-electron chi connectivity index (χ0n) is 18.8. The number of aliphatic imine (C=N–C) groups is 2. The number of fused-ring (bicyclic) bond motifs is 1. The molecule has 6 heteroatoms.